The molecule has 4 nitrogen and oxygen atoms in total. The smallest absolute Gasteiger partial charge is 0.339 e. The maximum atomic E-state index is 11.5. The largest absolute Gasteiger partial charge is 0.462 e. The van der Waals surface area contributed by atoms with Crippen molar-refractivity contribution in [1.82, 2.24) is 4.98 Å². The van der Waals surface area contributed by atoms with Crippen molar-refractivity contribution in [2.24, 2.45) is 0 Å². The third-order valence-corrected chi connectivity index (χ3v) is 3.21. The molecular formula is C15H15ClN2O2. The Bertz CT molecular complexity index is 612. The predicted octanol–water partition coefficient (Wildman–Crippen LogP) is 3.96. The summed E-state index contributed by atoms with van der Waals surface area (Å²) in [5, 5.41) is 3.86. The van der Waals surface area contributed by atoms with E-state index >= 15 is 0 Å². The van der Waals surface area contributed by atoms with E-state index in [1.54, 1.807) is 19.1 Å². The van der Waals surface area contributed by atoms with E-state index in [1.807, 2.05) is 25.1 Å². The minimum Gasteiger partial charge on any atom is -0.462 e. The number of rotatable bonds is 4. The standard InChI is InChI=1S/C15H15ClN2O2/c1-3-20-15(19)11-7-8-14(17-9-11)18-13-6-4-5-12(16)10(13)2/h4-9H,3H2,1-2H3,(H,17,18). The number of nitrogens with zero attached hydrogens (tertiary/aromatic N) is 1. The van der Waals surface area contributed by atoms with Gasteiger partial charge in [-0.25, -0.2) is 9.78 Å². The van der Waals surface area contributed by atoms with Gasteiger partial charge in [0.05, 0.1) is 12.2 Å². The highest BCUT2D eigenvalue weighted by molar-refractivity contribution is 6.31. The van der Waals surface area contributed by atoms with Crippen LogP contribution in [-0.4, -0.2) is 17.6 Å². The molecule has 0 fully saturated rings. The summed E-state index contributed by atoms with van der Waals surface area (Å²) in [6.07, 6.45) is 1.49. The van der Waals surface area contributed by atoms with Crippen LogP contribution in [0, 0.1) is 6.92 Å². The van der Waals surface area contributed by atoms with Gasteiger partial charge < -0.3 is 10.1 Å². The zero-order valence-electron chi connectivity index (χ0n) is 11.3. The molecule has 104 valence electrons. The minimum absolute atomic E-state index is 0.348. The van der Waals surface area contributed by atoms with Crippen molar-refractivity contribution in [1.29, 1.82) is 0 Å². The van der Waals surface area contributed by atoms with Crippen molar-refractivity contribution in [3.05, 3.63) is 52.7 Å². The Morgan fingerprint density at radius 1 is 1.35 bits per heavy atom. The van der Waals surface area contributed by atoms with E-state index in [9.17, 15) is 4.79 Å². The van der Waals surface area contributed by atoms with Crippen LogP contribution in [-0.2, 0) is 4.74 Å². The first-order valence-corrected chi connectivity index (χ1v) is 6.65. The van der Waals surface area contributed by atoms with Crippen molar-refractivity contribution in [3.8, 4) is 0 Å². The van der Waals surface area contributed by atoms with Gasteiger partial charge in [0.25, 0.3) is 0 Å². The zero-order valence-corrected chi connectivity index (χ0v) is 12.1. The fourth-order valence-corrected chi connectivity index (χ4v) is 1.86. The summed E-state index contributed by atoms with van der Waals surface area (Å²) in [4.78, 5) is 15.7. The highest BCUT2D eigenvalue weighted by Crippen LogP contribution is 2.25. The number of hydrogen-bond donors (Lipinski definition) is 1. The summed E-state index contributed by atoms with van der Waals surface area (Å²) in [6.45, 7) is 4.04. The topological polar surface area (TPSA) is 51.2 Å². The Labute approximate surface area is 122 Å². The molecule has 20 heavy (non-hydrogen) atoms. The number of esters is 1. The number of halogens is 1. The van der Waals surface area contributed by atoms with Crippen LogP contribution < -0.4 is 5.32 Å². The molecule has 2 rings (SSSR count). The molecule has 0 unspecified atom stereocenters. The average Bonchev–Trinajstić information content (AvgIpc) is 2.45. The Morgan fingerprint density at radius 2 is 2.15 bits per heavy atom. The monoisotopic (exact) mass is 290 g/mol. The van der Waals surface area contributed by atoms with Gasteiger partial charge in [-0.15, -0.1) is 0 Å². The number of carbonyl (C=O) groups is 1. The first kappa shape index (κ1) is 14.3. The molecule has 0 saturated heterocycles. The summed E-state index contributed by atoms with van der Waals surface area (Å²) < 4.78 is 4.90. The van der Waals surface area contributed by atoms with E-state index in [-0.39, 0.29) is 5.97 Å². The number of benzene rings is 1. The molecule has 0 spiro atoms. The number of nitrogens with one attached hydrogen (secondary N) is 1. The second-order valence-corrected chi connectivity index (χ2v) is 4.60. The minimum atomic E-state index is -0.370. The molecule has 0 aliphatic rings. The van der Waals surface area contributed by atoms with Crippen LogP contribution in [0.1, 0.15) is 22.8 Å². The van der Waals surface area contributed by atoms with Crippen molar-refractivity contribution in [2.75, 3.05) is 11.9 Å². The van der Waals surface area contributed by atoms with Gasteiger partial charge in [0.2, 0.25) is 0 Å². The van der Waals surface area contributed by atoms with Gasteiger partial charge in [0, 0.05) is 16.9 Å². The van der Waals surface area contributed by atoms with Crippen LogP contribution in [0.5, 0.6) is 0 Å². The lowest BCUT2D eigenvalue weighted by Crippen LogP contribution is -2.05. The molecule has 0 radical (unpaired) electrons. The molecule has 0 aliphatic carbocycles. The second-order valence-electron chi connectivity index (χ2n) is 4.19. The summed E-state index contributed by atoms with van der Waals surface area (Å²) in [5.74, 6) is 0.272. The Hall–Kier alpha value is -2.07. The number of hydrogen-bond acceptors (Lipinski definition) is 4. The highest BCUT2D eigenvalue weighted by atomic mass is 35.5. The first-order valence-electron chi connectivity index (χ1n) is 6.27. The zero-order chi connectivity index (χ0) is 14.5. The maximum absolute atomic E-state index is 11.5. The Balaban J connectivity index is 2.15. The number of aromatic nitrogens is 1. The van der Waals surface area contributed by atoms with Gasteiger partial charge in [-0.05, 0) is 43.7 Å². The fraction of sp³-hybridized carbons (Fsp3) is 0.200. The van der Waals surface area contributed by atoms with E-state index in [0.717, 1.165) is 11.3 Å². The third-order valence-electron chi connectivity index (χ3n) is 2.81. The first-order chi connectivity index (χ1) is 9.61. The Morgan fingerprint density at radius 3 is 2.80 bits per heavy atom. The average molecular weight is 291 g/mol. The molecular weight excluding hydrogens is 276 g/mol. The highest BCUT2D eigenvalue weighted by Gasteiger charge is 2.07. The summed E-state index contributed by atoms with van der Waals surface area (Å²) >= 11 is 6.06. The van der Waals surface area contributed by atoms with Crippen LogP contribution in [0.2, 0.25) is 5.02 Å². The van der Waals surface area contributed by atoms with Crippen molar-refractivity contribution in [3.63, 3.8) is 0 Å². The van der Waals surface area contributed by atoms with Crippen molar-refractivity contribution < 1.29 is 9.53 Å². The summed E-state index contributed by atoms with van der Waals surface area (Å²) in [7, 11) is 0. The molecule has 2 aromatic rings. The van der Waals surface area contributed by atoms with Crippen molar-refractivity contribution >= 4 is 29.1 Å². The molecule has 0 saturated carbocycles. The van der Waals surface area contributed by atoms with Crippen LogP contribution in [0.25, 0.3) is 0 Å². The van der Waals surface area contributed by atoms with E-state index in [4.69, 9.17) is 16.3 Å². The van der Waals surface area contributed by atoms with Crippen LogP contribution in [0.3, 0.4) is 0 Å². The number of pyridine rings is 1. The molecule has 1 aromatic heterocycles. The maximum Gasteiger partial charge on any atom is 0.339 e. The van der Waals surface area contributed by atoms with Gasteiger partial charge >= 0.3 is 5.97 Å². The van der Waals surface area contributed by atoms with E-state index in [1.165, 1.54) is 6.20 Å². The molecule has 5 heteroatoms. The lowest BCUT2D eigenvalue weighted by molar-refractivity contribution is 0.0526. The molecule has 0 bridgehead atoms. The van der Waals surface area contributed by atoms with Crippen LogP contribution in [0.15, 0.2) is 36.5 Å². The number of anilines is 2. The molecule has 0 atom stereocenters. The summed E-state index contributed by atoms with van der Waals surface area (Å²) in [6, 6.07) is 9.02. The van der Waals surface area contributed by atoms with Gasteiger partial charge in [0.15, 0.2) is 0 Å². The lowest BCUT2D eigenvalue weighted by Gasteiger charge is -2.10. The third kappa shape index (κ3) is 3.27. The molecule has 1 aromatic carbocycles. The van der Waals surface area contributed by atoms with Gasteiger partial charge in [0.1, 0.15) is 5.82 Å². The SMILES string of the molecule is CCOC(=O)c1ccc(Nc2cccc(Cl)c2C)nc1. The lowest BCUT2D eigenvalue weighted by atomic mass is 10.2. The molecule has 0 amide bonds. The van der Waals surface area contributed by atoms with E-state index < -0.39 is 0 Å². The van der Waals surface area contributed by atoms with Gasteiger partial charge in [-0.3, -0.25) is 0 Å². The van der Waals surface area contributed by atoms with Gasteiger partial charge in [-0.2, -0.15) is 0 Å². The van der Waals surface area contributed by atoms with Crippen LogP contribution in [0.4, 0.5) is 11.5 Å². The Kier molecular flexibility index (Phi) is 4.58. The van der Waals surface area contributed by atoms with E-state index in [0.29, 0.717) is 23.0 Å². The van der Waals surface area contributed by atoms with Gasteiger partial charge in [-0.1, -0.05) is 17.7 Å². The normalized spacial score (nSPS) is 10.2. The second kappa shape index (κ2) is 6.39. The molecule has 1 N–H and O–H groups in total. The predicted molar refractivity (Wildman–Crippen MR) is 79.7 cm³/mol. The molecule has 1 heterocycles. The summed E-state index contributed by atoms with van der Waals surface area (Å²) in [5.41, 5.74) is 2.26. The molecule has 0 aliphatic heterocycles. The van der Waals surface area contributed by atoms with Crippen LogP contribution >= 0.6 is 11.6 Å². The number of ether oxygens (including phenoxy) is 1. The number of carbonyl (C=O) groups excluding carboxylic acids is 1. The fourth-order valence-electron chi connectivity index (χ4n) is 1.68. The van der Waals surface area contributed by atoms with E-state index in [2.05, 4.69) is 10.3 Å². The quantitative estimate of drug-likeness (QED) is 0.866. The van der Waals surface area contributed by atoms with Crippen molar-refractivity contribution in [2.45, 2.75) is 13.8 Å².